The van der Waals surface area contributed by atoms with Gasteiger partial charge in [-0.2, -0.15) is 4.98 Å². The maximum absolute atomic E-state index is 12.1. The van der Waals surface area contributed by atoms with Crippen LogP contribution in [0.15, 0.2) is 47.0 Å². The van der Waals surface area contributed by atoms with E-state index in [0.29, 0.717) is 16.3 Å². The third kappa shape index (κ3) is 5.81. The van der Waals surface area contributed by atoms with Crippen LogP contribution in [0.5, 0.6) is 5.75 Å². The van der Waals surface area contributed by atoms with E-state index in [0.717, 1.165) is 11.1 Å². The van der Waals surface area contributed by atoms with Crippen LogP contribution >= 0.6 is 11.6 Å². The van der Waals surface area contributed by atoms with Crippen molar-refractivity contribution in [2.45, 2.75) is 13.8 Å². The molecule has 0 saturated carbocycles. The van der Waals surface area contributed by atoms with E-state index in [1.807, 2.05) is 32.0 Å². The predicted octanol–water partition coefficient (Wildman–Crippen LogP) is 2.93. The fraction of sp³-hybridized carbons (Fsp3) is 0.238. The lowest BCUT2D eigenvalue weighted by atomic mass is 10.1. The van der Waals surface area contributed by atoms with E-state index in [1.165, 1.54) is 0 Å². The van der Waals surface area contributed by atoms with Gasteiger partial charge in [0, 0.05) is 23.7 Å². The molecular weight excluding hydrogens is 408 g/mol. The summed E-state index contributed by atoms with van der Waals surface area (Å²) in [6, 6.07) is 12.6. The molecule has 1 aromatic heterocycles. The van der Waals surface area contributed by atoms with Crippen LogP contribution in [0.2, 0.25) is 5.02 Å². The Balaban J connectivity index is 1.39. The van der Waals surface area contributed by atoms with Crippen molar-refractivity contribution in [1.29, 1.82) is 0 Å². The van der Waals surface area contributed by atoms with Gasteiger partial charge in [-0.25, -0.2) is 0 Å². The molecule has 0 unspecified atom stereocenters. The molecule has 0 aliphatic carbocycles. The molecular formula is C21H21ClN4O4. The molecule has 2 N–H and O–H groups in total. The van der Waals surface area contributed by atoms with Crippen molar-refractivity contribution in [2.75, 3.05) is 19.7 Å². The van der Waals surface area contributed by atoms with Gasteiger partial charge in [0.2, 0.25) is 5.82 Å². The largest absolute Gasteiger partial charge is 0.484 e. The second-order valence-electron chi connectivity index (χ2n) is 6.59. The molecule has 9 heteroatoms. The molecule has 156 valence electrons. The van der Waals surface area contributed by atoms with Crippen LogP contribution in [-0.4, -0.2) is 41.7 Å². The summed E-state index contributed by atoms with van der Waals surface area (Å²) in [5.74, 6) is -0.0226. The number of nitrogens with zero attached hydrogens (tertiary/aromatic N) is 2. The van der Waals surface area contributed by atoms with E-state index in [-0.39, 0.29) is 37.3 Å². The van der Waals surface area contributed by atoms with Gasteiger partial charge in [-0.15, -0.1) is 0 Å². The first-order valence-electron chi connectivity index (χ1n) is 9.27. The summed E-state index contributed by atoms with van der Waals surface area (Å²) in [6.07, 6.45) is 0. The van der Waals surface area contributed by atoms with Gasteiger partial charge in [0.15, 0.2) is 6.61 Å². The zero-order valence-corrected chi connectivity index (χ0v) is 17.3. The van der Waals surface area contributed by atoms with Gasteiger partial charge in [0.05, 0.1) is 0 Å². The number of carbonyl (C=O) groups excluding carboxylic acids is 2. The number of ether oxygens (including phenoxy) is 1. The third-order valence-corrected chi connectivity index (χ3v) is 4.40. The third-order valence-electron chi connectivity index (χ3n) is 4.14. The zero-order valence-electron chi connectivity index (χ0n) is 16.6. The lowest BCUT2D eigenvalue weighted by Crippen LogP contribution is -2.36. The highest BCUT2D eigenvalue weighted by Gasteiger charge is 2.15. The minimum absolute atomic E-state index is 0.105. The second kappa shape index (κ2) is 9.89. The highest BCUT2D eigenvalue weighted by molar-refractivity contribution is 6.30. The first-order chi connectivity index (χ1) is 14.4. The van der Waals surface area contributed by atoms with Gasteiger partial charge in [0.25, 0.3) is 5.91 Å². The average molecular weight is 429 g/mol. The van der Waals surface area contributed by atoms with Crippen molar-refractivity contribution in [2.24, 2.45) is 0 Å². The van der Waals surface area contributed by atoms with E-state index >= 15 is 0 Å². The van der Waals surface area contributed by atoms with Crippen LogP contribution in [0.1, 0.15) is 21.8 Å². The Hall–Kier alpha value is -3.39. The number of nitrogens with one attached hydrogen (secondary N) is 2. The number of halogens is 1. The number of aromatic nitrogens is 2. The Kier molecular flexibility index (Phi) is 7.03. The molecule has 3 rings (SSSR count). The lowest BCUT2D eigenvalue weighted by Gasteiger charge is -2.10. The van der Waals surface area contributed by atoms with Gasteiger partial charge in [-0.1, -0.05) is 34.5 Å². The summed E-state index contributed by atoms with van der Waals surface area (Å²) in [4.78, 5) is 28.1. The number of hydrogen-bond donors (Lipinski definition) is 2. The summed E-state index contributed by atoms with van der Waals surface area (Å²) in [5.41, 5.74) is 2.77. The molecule has 0 aliphatic rings. The van der Waals surface area contributed by atoms with Gasteiger partial charge in [-0.05, 0) is 49.7 Å². The van der Waals surface area contributed by atoms with Gasteiger partial charge in [0.1, 0.15) is 5.75 Å². The summed E-state index contributed by atoms with van der Waals surface area (Å²) in [6.45, 7) is 4.24. The van der Waals surface area contributed by atoms with Crippen LogP contribution in [0.25, 0.3) is 11.4 Å². The summed E-state index contributed by atoms with van der Waals surface area (Å²) in [7, 11) is 0. The molecule has 3 aromatic rings. The highest BCUT2D eigenvalue weighted by Crippen LogP contribution is 2.19. The van der Waals surface area contributed by atoms with E-state index in [4.69, 9.17) is 20.9 Å². The molecule has 30 heavy (non-hydrogen) atoms. The Morgan fingerprint density at radius 3 is 2.53 bits per heavy atom. The number of carbonyl (C=O) groups is 2. The van der Waals surface area contributed by atoms with Gasteiger partial charge in [-0.3, -0.25) is 9.59 Å². The van der Waals surface area contributed by atoms with Crippen molar-refractivity contribution in [1.82, 2.24) is 20.8 Å². The average Bonchev–Trinajstić information content (AvgIpc) is 3.21. The van der Waals surface area contributed by atoms with Crippen LogP contribution in [0.4, 0.5) is 0 Å². The summed E-state index contributed by atoms with van der Waals surface area (Å²) < 4.78 is 10.5. The van der Waals surface area contributed by atoms with Crippen LogP contribution < -0.4 is 15.4 Å². The first-order valence-corrected chi connectivity index (χ1v) is 9.65. The molecule has 2 amide bonds. The number of rotatable bonds is 8. The molecule has 0 atom stereocenters. The number of amides is 2. The molecule has 0 saturated heterocycles. The van der Waals surface area contributed by atoms with Crippen LogP contribution in [-0.2, 0) is 4.79 Å². The van der Waals surface area contributed by atoms with Crippen molar-refractivity contribution < 1.29 is 18.8 Å². The van der Waals surface area contributed by atoms with E-state index in [2.05, 4.69) is 20.8 Å². The van der Waals surface area contributed by atoms with Crippen molar-refractivity contribution >= 4 is 23.4 Å². The van der Waals surface area contributed by atoms with Crippen LogP contribution in [0.3, 0.4) is 0 Å². The molecule has 0 radical (unpaired) electrons. The number of aryl methyl sites for hydroxylation is 2. The molecule has 0 bridgehead atoms. The van der Waals surface area contributed by atoms with E-state index in [1.54, 1.807) is 24.3 Å². The summed E-state index contributed by atoms with van der Waals surface area (Å²) in [5, 5.41) is 9.64. The van der Waals surface area contributed by atoms with Gasteiger partial charge < -0.3 is 19.9 Å². The normalized spacial score (nSPS) is 10.5. The standard InChI is InChI=1S/C21H21ClN4O4/c1-13-3-8-17(14(2)11-13)29-12-18(27)23-9-10-24-20(28)21-25-19(26-30-21)15-4-6-16(22)7-5-15/h3-8,11H,9-10,12H2,1-2H3,(H,23,27)(H,24,28). The minimum atomic E-state index is -0.525. The minimum Gasteiger partial charge on any atom is -0.484 e. The SMILES string of the molecule is Cc1ccc(OCC(=O)NCCNC(=O)c2nc(-c3ccc(Cl)cc3)no2)c(C)c1. The highest BCUT2D eigenvalue weighted by atomic mass is 35.5. The topological polar surface area (TPSA) is 106 Å². The first kappa shape index (κ1) is 21.3. The van der Waals surface area contributed by atoms with Crippen LogP contribution in [0, 0.1) is 13.8 Å². The zero-order chi connectivity index (χ0) is 21.5. The Morgan fingerprint density at radius 1 is 1.07 bits per heavy atom. The lowest BCUT2D eigenvalue weighted by molar-refractivity contribution is -0.123. The maximum atomic E-state index is 12.1. The van der Waals surface area contributed by atoms with Crippen molar-refractivity contribution in [3.8, 4) is 17.1 Å². The monoisotopic (exact) mass is 428 g/mol. The Morgan fingerprint density at radius 2 is 1.80 bits per heavy atom. The number of hydrogen-bond acceptors (Lipinski definition) is 6. The maximum Gasteiger partial charge on any atom is 0.316 e. The predicted molar refractivity (Wildman–Crippen MR) is 111 cm³/mol. The van der Waals surface area contributed by atoms with Crippen molar-refractivity contribution in [3.05, 3.63) is 64.5 Å². The fourth-order valence-electron chi connectivity index (χ4n) is 2.64. The quantitative estimate of drug-likeness (QED) is 0.534. The molecule has 0 spiro atoms. The smallest absolute Gasteiger partial charge is 0.316 e. The number of benzene rings is 2. The molecule has 1 heterocycles. The molecule has 8 nitrogen and oxygen atoms in total. The molecule has 2 aromatic carbocycles. The van der Waals surface area contributed by atoms with E-state index < -0.39 is 5.91 Å². The molecule has 0 aliphatic heterocycles. The summed E-state index contributed by atoms with van der Waals surface area (Å²) >= 11 is 5.85. The van der Waals surface area contributed by atoms with Crippen molar-refractivity contribution in [3.63, 3.8) is 0 Å². The fourth-order valence-corrected chi connectivity index (χ4v) is 2.77. The second-order valence-corrected chi connectivity index (χ2v) is 7.03. The van der Waals surface area contributed by atoms with E-state index in [9.17, 15) is 9.59 Å². The molecule has 0 fully saturated rings. The van der Waals surface area contributed by atoms with Gasteiger partial charge >= 0.3 is 11.8 Å². The Labute approximate surface area is 178 Å². The Bertz CT molecular complexity index is 1030.